The van der Waals surface area contributed by atoms with Crippen LogP contribution in [-0.4, -0.2) is 22.2 Å². The number of carbonyl (C=O) groups is 1. The van der Waals surface area contributed by atoms with Gasteiger partial charge in [-0.25, -0.2) is 9.78 Å². The number of hydrogen-bond donors (Lipinski definition) is 1. The van der Waals surface area contributed by atoms with Crippen LogP contribution in [-0.2, 0) is 4.79 Å². The van der Waals surface area contributed by atoms with Crippen molar-refractivity contribution in [3.8, 4) is 5.88 Å². The Morgan fingerprint density at radius 2 is 2.20 bits per heavy atom. The van der Waals surface area contributed by atoms with Crippen LogP contribution in [0.3, 0.4) is 0 Å². The zero-order chi connectivity index (χ0) is 11.6. The van der Waals surface area contributed by atoms with E-state index in [9.17, 15) is 4.79 Å². The summed E-state index contributed by atoms with van der Waals surface area (Å²) in [4.78, 5) is 14.4. The van der Waals surface area contributed by atoms with E-state index in [0.29, 0.717) is 10.6 Å². The first kappa shape index (κ1) is 12.1. The Labute approximate surface area is 96.8 Å². The fourth-order valence-corrected chi connectivity index (χ4v) is 1.22. The molecule has 6 heteroatoms. The SMILES string of the molecule is Cc1c(Cl)cnc(OC(C)C(=O)O)c1Cl. The van der Waals surface area contributed by atoms with Crippen LogP contribution in [0.4, 0.5) is 0 Å². The minimum absolute atomic E-state index is 0.0773. The van der Waals surface area contributed by atoms with Gasteiger partial charge in [0.25, 0.3) is 0 Å². The normalized spacial score (nSPS) is 12.3. The lowest BCUT2D eigenvalue weighted by molar-refractivity contribution is -0.144. The van der Waals surface area contributed by atoms with Gasteiger partial charge in [-0.3, -0.25) is 0 Å². The Kier molecular flexibility index (Phi) is 3.77. The van der Waals surface area contributed by atoms with Gasteiger partial charge in [0.05, 0.1) is 5.02 Å². The van der Waals surface area contributed by atoms with Crippen LogP contribution in [0.1, 0.15) is 12.5 Å². The minimum Gasteiger partial charge on any atom is -0.479 e. The Hall–Kier alpha value is -1.00. The maximum Gasteiger partial charge on any atom is 0.344 e. The van der Waals surface area contributed by atoms with E-state index in [1.165, 1.54) is 13.1 Å². The molecule has 0 saturated carbocycles. The zero-order valence-electron chi connectivity index (χ0n) is 8.12. The smallest absolute Gasteiger partial charge is 0.344 e. The van der Waals surface area contributed by atoms with Crippen molar-refractivity contribution in [2.75, 3.05) is 0 Å². The lowest BCUT2D eigenvalue weighted by Crippen LogP contribution is -2.23. The van der Waals surface area contributed by atoms with Gasteiger partial charge in [-0.05, 0) is 19.4 Å². The highest BCUT2D eigenvalue weighted by molar-refractivity contribution is 6.36. The van der Waals surface area contributed by atoms with E-state index >= 15 is 0 Å². The van der Waals surface area contributed by atoms with Crippen molar-refractivity contribution in [3.63, 3.8) is 0 Å². The van der Waals surface area contributed by atoms with E-state index in [2.05, 4.69) is 4.98 Å². The van der Waals surface area contributed by atoms with Crippen molar-refractivity contribution in [1.82, 2.24) is 4.98 Å². The highest BCUT2D eigenvalue weighted by Gasteiger charge is 2.17. The highest BCUT2D eigenvalue weighted by Crippen LogP contribution is 2.30. The number of carboxylic acid groups (broad SMARTS) is 1. The first-order valence-electron chi connectivity index (χ1n) is 4.13. The van der Waals surface area contributed by atoms with Crippen LogP contribution in [0.5, 0.6) is 5.88 Å². The Morgan fingerprint density at radius 3 is 2.73 bits per heavy atom. The summed E-state index contributed by atoms with van der Waals surface area (Å²) in [5, 5.41) is 9.28. The summed E-state index contributed by atoms with van der Waals surface area (Å²) in [6.07, 6.45) is 0.364. The zero-order valence-corrected chi connectivity index (χ0v) is 9.63. The maximum absolute atomic E-state index is 10.5. The molecular formula is C9H9Cl2NO3. The summed E-state index contributed by atoms with van der Waals surface area (Å²) in [5.74, 6) is -1.01. The monoisotopic (exact) mass is 249 g/mol. The standard InChI is InChI=1S/C9H9Cl2NO3/c1-4-6(10)3-12-8(7(4)11)15-5(2)9(13)14/h3,5H,1-2H3,(H,13,14). The van der Waals surface area contributed by atoms with Crippen LogP contribution < -0.4 is 4.74 Å². The molecule has 0 aliphatic heterocycles. The van der Waals surface area contributed by atoms with Crippen LogP contribution in [0, 0.1) is 6.92 Å². The molecule has 4 nitrogen and oxygen atoms in total. The predicted molar refractivity (Wildman–Crippen MR) is 56.7 cm³/mol. The summed E-state index contributed by atoms with van der Waals surface area (Å²) in [6.45, 7) is 3.09. The second-order valence-electron chi connectivity index (χ2n) is 2.95. The van der Waals surface area contributed by atoms with Crippen LogP contribution in [0.15, 0.2) is 6.20 Å². The molecular weight excluding hydrogens is 241 g/mol. The van der Waals surface area contributed by atoms with Crippen molar-refractivity contribution < 1.29 is 14.6 Å². The van der Waals surface area contributed by atoms with Gasteiger partial charge in [-0.15, -0.1) is 0 Å². The topological polar surface area (TPSA) is 59.4 Å². The van der Waals surface area contributed by atoms with Gasteiger partial charge in [0.1, 0.15) is 5.02 Å². The molecule has 82 valence electrons. The lowest BCUT2D eigenvalue weighted by atomic mass is 10.3. The number of halogens is 2. The van der Waals surface area contributed by atoms with Crippen LogP contribution in [0.2, 0.25) is 10.0 Å². The Bertz CT molecular complexity index is 395. The molecule has 1 unspecified atom stereocenters. The van der Waals surface area contributed by atoms with Crippen molar-refractivity contribution in [2.24, 2.45) is 0 Å². The molecule has 0 aromatic carbocycles. The number of rotatable bonds is 3. The summed E-state index contributed by atoms with van der Waals surface area (Å²) >= 11 is 11.6. The van der Waals surface area contributed by atoms with Crippen molar-refractivity contribution in [3.05, 3.63) is 21.8 Å². The van der Waals surface area contributed by atoms with Crippen LogP contribution >= 0.6 is 23.2 Å². The van der Waals surface area contributed by atoms with E-state index in [0.717, 1.165) is 0 Å². The maximum atomic E-state index is 10.5. The molecule has 0 saturated heterocycles. The minimum atomic E-state index is -1.08. The van der Waals surface area contributed by atoms with E-state index < -0.39 is 12.1 Å². The summed E-state index contributed by atoms with van der Waals surface area (Å²) in [5.41, 5.74) is 0.612. The van der Waals surface area contributed by atoms with Crippen molar-refractivity contribution >= 4 is 29.2 Å². The molecule has 1 atom stereocenters. The number of aliphatic carboxylic acids is 1. The number of carboxylic acids is 1. The van der Waals surface area contributed by atoms with E-state index in [4.69, 9.17) is 33.0 Å². The molecule has 0 aliphatic rings. The molecule has 0 aliphatic carbocycles. The third-order valence-corrected chi connectivity index (χ3v) is 2.63. The molecule has 1 aromatic rings. The van der Waals surface area contributed by atoms with E-state index in [1.807, 2.05) is 0 Å². The molecule has 0 amide bonds. The molecule has 1 aromatic heterocycles. The third kappa shape index (κ3) is 2.73. The second kappa shape index (κ2) is 4.68. The molecule has 1 rings (SSSR count). The molecule has 0 fully saturated rings. The summed E-state index contributed by atoms with van der Waals surface area (Å²) in [7, 11) is 0. The van der Waals surface area contributed by atoms with Gasteiger partial charge >= 0.3 is 5.97 Å². The second-order valence-corrected chi connectivity index (χ2v) is 3.73. The molecule has 0 radical (unpaired) electrons. The fraction of sp³-hybridized carbons (Fsp3) is 0.333. The van der Waals surface area contributed by atoms with Gasteiger partial charge in [-0.1, -0.05) is 23.2 Å². The first-order chi connectivity index (χ1) is 6.93. The van der Waals surface area contributed by atoms with Crippen LogP contribution in [0.25, 0.3) is 0 Å². The predicted octanol–water partition coefficient (Wildman–Crippen LogP) is 2.55. The Morgan fingerprint density at radius 1 is 1.60 bits per heavy atom. The number of pyridine rings is 1. The fourth-order valence-electron chi connectivity index (χ4n) is 0.834. The average Bonchev–Trinajstić information content (AvgIpc) is 2.18. The largest absolute Gasteiger partial charge is 0.479 e. The Balaban J connectivity index is 2.97. The number of ether oxygens (including phenoxy) is 1. The molecule has 0 spiro atoms. The van der Waals surface area contributed by atoms with Gasteiger partial charge in [0, 0.05) is 6.20 Å². The molecule has 1 heterocycles. The quantitative estimate of drug-likeness (QED) is 0.895. The average molecular weight is 250 g/mol. The van der Waals surface area contributed by atoms with E-state index in [1.54, 1.807) is 6.92 Å². The lowest BCUT2D eigenvalue weighted by Gasteiger charge is -2.12. The summed E-state index contributed by atoms with van der Waals surface area (Å²) in [6, 6.07) is 0. The van der Waals surface area contributed by atoms with Gasteiger partial charge in [0.2, 0.25) is 5.88 Å². The number of aromatic nitrogens is 1. The third-order valence-electron chi connectivity index (χ3n) is 1.81. The highest BCUT2D eigenvalue weighted by atomic mass is 35.5. The number of hydrogen-bond acceptors (Lipinski definition) is 3. The molecule has 1 N–H and O–H groups in total. The van der Waals surface area contributed by atoms with Gasteiger partial charge < -0.3 is 9.84 Å². The summed E-state index contributed by atoms with van der Waals surface area (Å²) < 4.78 is 5.04. The number of nitrogens with zero attached hydrogens (tertiary/aromatic N) is 1. The van der Waals surface area contributed by atoms with Crippen molar-refractivity contribution in [2.45, 2.75) is 20.0 Å². The molecule has 0 bridgehead atoms. The van der Waals surface area contributed by atoms with E-state index in [-0.39, 0.29) is 10.9 Å². The first-order valence-corrected chi connectivity index (χ1v) is 4.89. The van der Waals surface area contributed by atoms with Gasteiger partial charge in [-0.2, -0.15) is 0 Å². The van der Waals surface area contributed by atoms with Crippen molar-refractivity contribution in [1.29, 1.82) is 0 Å². The molecule has 15 heavy (non-hydrogen) atoms. The van der Waals surface area contributed by atoms with Gasteiger partial charge in [0.15, 0.2) is 6.10 Å².